The molecule has 0 spiro atoms. The van der Waals surface area contributed by atoms with Gasteiger partial charge in [0.1, 0.15) is 5.75 Å². The van der Waals surface area contributed by atoms with Crippen molar-refractivity contribution in [3.63, 3.8) is 0 Å². The summed E-state index contributed by atoms with van der Waals surface area (Å²) in [6.45, 7) is 12.6. The number of carbonyl (C=O) groups is 1. The van der Waals surface area contributed by atoms with Crippen LogP contribution in [-0.4, -0.2) is 14.3 Å². The van der Waals surface area contributed by atoms with Crippen LogP contribution in [0.2, 0.25) is 0 Å². The zero-order valence-corrected chi connectivity index (χ0v) is 18.5. The summed E-state index contributed by atoms with van der Waals surface area (Å²) in [5.74, 6) is 0.177. The molecule has 0 unspecified atom stereocenters. The molecule has 1 rings (SSSR count). The maximum atomic E-state index is 12.6. The van der Waals surface area contributed by atoms with Crippen molar-refractivity contribution in [2.45, 2.75) is 20.8 Å². The molecule has 162 valence electrons. The average molecular weight is 440 g/mol. The molecule has 31 heavy (non-hydrogen) atoms. The van der Waals surface area contributed by atoms with Crippen molar-refractivity contribution in [3.8, 4) is 11.8 Å². The number of nitrogens with zero attached hydrogens (tertiary/aromatic N) is 1. The normalized spacial score (nSPS) is 12.9. The van der Waals surface area contributed by atoms with Crippen molar-refractivity contribution >= 4 is 15.9 Å². The molecule has 0 aliphatic carbocycles. The Bertz CT molecular complexity index is 1150. The molecule has 0 aliphatic rings. The molecular weight excluding hydrogens is 414 g/mol. The highest BCUT2D eigenvalue weighted by Crippen LogP contribution is 2.25. The number of rotatable bonds is 9. The monoisotopic (exact) mass is 439 g/mol. The predicted octanol–water partition coefficient (Wildman–Crippen LogP) is 3.82. The Balaban J connectivity index is 3.07. The van der Waals surface area contributed by atoms with Gasteiger partial charge in [-0.05, 0) is 73.9 Å². The lowest BCUT2D eigenvalue weighted by Crippen LogP contribution is -2.23. The van der Waals surface area contributed by atoms with Gasteiger partial charge in [0, 0.05) is 16.7 Å². The smallest absolute Gasteiger partial charge is 0.255 e. The fourth-order valence-electron chi connectivity index (χ4n) is 2.35. The molecule has 0 saturated carbocycles. The molecule has 1 aromatic rings. The van der Waals surface area contributed by atoms with E-state index in [1.807, 2.05) is 13.0 Å². The number of hydrogen-bond acceptors (Lipinski definition) is 5. The molecule has 8 heteroatoms. The maximum Gasteiger partial charge on any atom is 0.255 e. The van der Waals surface area contributed by atoms with Gasteiger partial charge in [-0.15, -0.1) is 0 Å². The third kappa shape index (κ3) is 8.30. The first-order chi connectivity index (χ1) is 14.5. The Morgan fingerprint density at radius 2 is 1.90 bits per heavy atom. The van der Waals surface area contributed by atoms with Gasteiger partial charge in [0.2, 0.25) is 10.0 Å². The van der Waals surface area contributed by atoms with Crippen molar-refractivity contribution in [1.82, 2.24) is 5.32 Å². The Morgan fingerprint density at radius 3 is 2.45 bits per heavy atom. The van der Waals surface area contributed by atoms with Gasteiger partial charge in [-0.1, -0.05) is 19.2 Å². The highest BCUT2D eigenvalue weighted by Gasteiger charge is 2.14. The summed E-state index contributed by atoms with van der Waals surface area (Å²) in [4.78, 5) is 12.6. The second-order valence-electron chi connectivity index (χ2n) is 6.45. The van der Waals surface area contributed by atoms with Crippen LogP contribution in [0.3, 0.4) is 0 Å². The van der Waals surface area contributed by atoms with E-state index in [9.17, 15) is 13.2 Å². The number of allylic oxidation sites excluding steroid dienone is 7. The van der Waals surface area contributed by atoms with Crippen LogP contribution in [0.4, 0.5) is 0 Å². The number of amides is 1. The van der Waals surface area contributed by atoms with Crippen LogP contribution in [0.15, 0.2) is 84.2 Å². The fourth-order valence-corrected chi connectivity index (χ4v) is 2.65. The van der Waals surface area contributed by atoms with Gasteiger partial charge >= 0.3 is 0 Å². The van der Waals surface area contributed by atoms with E-state index in [-0.39, 0.29) is 5.91 Å². The Kier molecular flexibility index (Phi) is 9.41. The van der Waals surface area contributed by atoms with Gasteiger partial charge in [-0.3, -0.25) is 4.79 Å². The molecule has 0 aromatic heterocycles. The number of sulfonamides is 1. The molecule has 1 aromatic carbocycles. The molecule has 0 heterocycles. The van der Waals surface area contributed by atoms with E-state index < -0.39 is 10.0 Å². The minimum Gasteiger partial charge on any atom is -0.464 e. The van der Waals surface area contributed by atoms with E-state index in [2.05, 4.69) is 18.5 Å². The summed E-state index contributed by atoms with van der Waals surface area (Å²) in [7, 11) is -3.76. The second-order valence-corrected chi connectivity index (χ2v) is 7.90. The first-order valence-corrected chi connectivity index (χ1v) is 10.7. The second kappa shape index (κ2) is 11.5. The summed E-state index contributed by atoms with van der Waals surface area (Å²) in [6, 6.07) is 5.30. The Hall–Kier alpha value is -3.67. The SMILES string of the molecule is C=C/C(C#N)=C\C(C)=C\Oc1ccc(C(=O)N/C(C=C)=C/C=C/S(N)(=O)=O)c(C)c1C. The van der Waals surface area contributed by atoms with Gasteiger partial charge in [0.15, 0.2) is 0 Å². The van der Waals surface area contributed by atoms with Gasteiger partial charge in [0.25, 0.3) is 5.91 Å². The first kappa shape index (κ1) is 25.4. The molecule has 3 N–H and O–H groups in total. The molecule has 1 amide bonds. The number of carbonyl (C=O) groups excluding carboxylic acids is 1. The molecule has 0 aliphatic heterocycles. The fraction of sp³-hybridized carbons (Fsp3) is 0.130. The average Bonchev–Trinajstić information content (AvgIpc) is 2.71. The number of primary sulfonamides is 1. The van der Waals surface area contributed by atoms with E-state index in [0.717, 1.165) is 16.5 Å². The van der Waals surface area contributed by atoms with Crippen molar-refractivity contribution in [2.24, 2.45) is 5.14 Å². The van der Waals surface area contributed by atoms with E-state index in [4.69, 9.17) is 15.1 Å². The highest BCUT2D eigenvalue weighted by atomic mass is 32.2. The maximum absolute atomic E-state index is 12.6. The van der Waals surface area contributed by atoms with Crippen LogP contribution < -0.4 is 15.2 Å². The van der Waals surface area contributed by atoms with Gasteiger partial charge in [-0.2, -0.15) is 5.26 Å². The largest absolute Gasteiger partial charge is 0.464 e. The Labute approximate surface area is 183 Å². The van der Waals surface area contributed by atoms with Gasteiger partial charge in [0.05, 0.1) is 17.9 Å². The van der Waals surface area contributed by atoms with E-state index in [1.54, 1.807) is 32.1 Å². The van der Waals surface area contributed by atoms with Crippen molar-refractivity contribution < 1.29 is 17.9 Å². The zero-order chi connectivity index (χ0) is 23.6. The minimum atomic E-state index is -3.76. The van der Waals surface area contributed by atoms with Gasteiger partial charge in [-0.25, -0.2) is 13.6 Å². The highest BCUT2D eigenvalue weighted by molar-refractivity contribution is 7.92. The number of ether oxygens (including phenoxy) is 1. The standard InChI is InChI=1S/C23H25N3O4S/c1-6-19(14-24)13-16(3)15-30-22-11-10-21(17(4)18(22)5)23(27)26-20(7-2)9-8-12-31(25,28)29/h6-13,15H,1-2H2,3-5H3,(H,26,27)(H2,25,28,29)/b12-8+,16-15+,19-13+,20-9+. The lowest BCUT2D eigenvalue weighted by atomic mass is 10.0. The van der Waals surface area contributed by atoms with Crippen LogP contribution in [0, 0.1) is 25.2 Å². The van der Waals surface area contributed by atoms with Crippen LogP contribution in [-0.2, 0) is 10.0 Å². The summed E-state index contributed by atoms with van der Waals surface area (Å²) < 4.78 is 27.6. The van der Waals surface area contributed by atoms with Crippen molar-refractivity contribution in [3.05, 3.63) is 101 Å². The zero-order valence-electron chi connectivity index (χ0n) is 17.7. The molecule has 0 saturated heterocycles. The van der Waals surface area contributed by atoms with Gasteiger partial charge < -0.3 is 10.1 Å². The molecular formula is C23H25N3O4S. The molecule has 7 nitrogen and oxygen atoms in total. The predicted molar refractivity (Wildman–Crippen MR) is 122 cm³/mol. The van der Waals surface area contributed by atoms with E-state index >= 15 is 0 Å². The number of nitrogens with two attached hydrogens (primary N) is 1. The van der Waals surface area contributed by atoms with Crippen molar-refractivity contribution in [1.29, 1.82) is 5.26 Å². The van der Waals surface area contributed by atoms with Crippen LogP contribution in [0.5, 0.6) is 5.75 Å². The molecule has 0 fully saturated rings. The summed E-state index contributed by atoms with van der Waals surface area (Å²) in [5.41, 5.74) is 3.35. The summed E-state index contributed by atoms with van der Waals surface area (Å²) >= 11 is 0. The van der Waals surface area contributed by atoms with E-state index in [1.165, 1.54) is 30.6 Å². The van der Waals surface area contributed by atoms with Crippen molar-refractivity contribution in [2.75, 3.05) is 0 Å². The third-order valence-electron chi connectivity index (χ3n) is 4.11. The first-order valence-electron chi connectivity index (χ1n) is 9.05. The summed E-state index contributed by atoms with van der Waals surface area (Å²) in [6.07, 6.45) is 8.56. The molecule has 0 radical (unpaired) electrons. The topological polar surface area (TPSA) is 122 Å². The van der Waals surface area contributed by atoms with Crippen LogP contribution in [0.25, 0.3) is 0 Å². The number of nitriles is 1. The number of nitrogens with one attached hydrogen (secondary N) is 1. The third-order valence-corrected chi connectivity index (χ3v) is 4.64. The Morgan fingerprint density at radius 1 is 1.23 bits per heavy atom. The summed E-state index contributed by atoms with van der Waals surface area (Å²) in [5, 5.41) is 17.3. The number of hydrogen-bond donors (Lipinski definition) is 2. The lowest BCUT2D eigenvalue weighted by molar-refractivity contribution is 0.0966. The van der Waals surface area contributed by atoms with E-state index in [0.29, 0.717) is 28.1 Å². The minimum absolute atomic E-state index is 0.308. The number of benzene rings is 1. The molecule has 0 bridgehead atoms. The molecule has 0 atom stereocenters. The lowest BCUT2D eigenvalue weighted by Gasteiger charge is -2.13. The van der Waals surface area contributed by atoms with Crippen LogP contribution >= 0.6 is 0 Å². The van der Waals surface area contributed by atoms with Crippen LogP contribution in [0.1, 0.15) is 28.4 Å². The quantitative estimate of drug-likeness (QED) is 0.344.